The van der Waals surface area contributed by atoms with Crippen molar-refractivity contribution in [2.75, 3.05) is 20.3 Å². The number of rotatable bonds is 5. The van der Waals surface area contributed by atoms with E-state index in [1.165, 1.54) is 7.11 Å². The monoisotopic (exact) mass is 367 g/mol. The van der Waals surface area contributed by atoms with Crippen LogP contribution < -0.4 is 14.2 Å². The van der Waals surface area contributed by atoms with E-state index >= 15 is 0 Å². The predicted octanol–water partition coefficient (Wildman–Crippen LogP) is 3.48. The number of aromatic nitrogens is 1. The van der Waals surface area contributed by atoms with E-state index in [1.807, 2.05) is 30.3 Å². The summed E-state index contributed by atoms with van der Waals surface area (Å²) in [6.07, 6.45) is 0. The van der Waals surface area contributed by atoms with Gasteiger partial charge in [-0.05, 0) is 12.1 Å². The number of hydrogen-bond donors (Lipinski definition) is 0. The van der Waals surface area contributed by atoms with Crippen LogP contribution in [0.1, 0.15) is 16.1 Å². The molecule has 2 heterocycles. The van der Waals surface area contributed by atoms with Gasteiger partial charge >= 0.3 is 5.97 Å². The number of fused-ring (bicyclic) bond motifs is 1. The number of esters is 1. The molecule has 0 N–H and O–H groups in total. The van der Waals surface area contributed by atoms with E-state index in [0.717, 1.165) is 5.56 Å². The second kappa shape index (κ2) is 7.41. The van der Waals surface area contributed by atoms with Gasteiger partial charge in [0.25, 0.3) is 0 Å². The summed E-state index contributed by atoms with van der Waals surface area (Å²) >= 11 is 0. The van der Waals surface area contributed by atoms with Crippen molar-refractivity contribution in [3.8, 4) is 28.6 Å². The first-order valence-electron chi connectivity index (χ1n) is 8.40. The van der Waals surface area contributed by atoms with Gasteiger partial charge in [0.1, 0.15) is 25.5 Å². The minimum atomic E-state index is -0.519. The van der Waals surface area contributed by atoms with Gasteiger partial charge < -0.3 is 23.5 Å². The SMILES string of the molecule is COc1cc(C(=O)OCc2cc(-c3ccccc3)on2)cc2c1OCCO2. The van der Waals surface area contributed by atoms with Gasteiger partial charge in [-0.25, -0.2) is 4.79 Å². The van der Waals surface area contributed by atoms with E-state index < -0.39 is 5.97 Å². The third-order valence-corrected chi connectivity index (χ3v) is 4.03. The maximum atomic E-state index is 12.4. The maximum absolute atomic E-state index is 12.4. The van der Waals surface area contributed by atoms with Gasteiger partial charge in [0.2, 0.25) is 5.75 Å². The van der Waals surface area contributed by atoms with Crippen molar-refractivity contribution in [3.63, 3.8) is 0 Å². The molecule has 0 radical (unpaired) electrons. The van der Waals surface area contributed by atoms with E-state index in [2.05, 4.69) is 5.16 Å². The molecule has 0 saturated carbocycles. The highest BCUT2D eigenvalue weighted by molar-refractivity contribution is 5.91. The molecule has 0 spiro atoms. The highest BCUT2D eigenvalue weighted by Gasteiger charge is 2.21. The third kappa shape index (κ3) is 3.57. The molecule has 7 heteroatoms. The summed E-state index contributed by atoms with van der Waals surface area (Å²) in [5, 5.41) is 3.94. The number of benzene rings is 2. The number of nitrogens with zero attached hydrogens (tertiary/aromatic N) is 1. The predicted molar refractivity (Wildman–Crippen MR) is 95.0 cm³/mol. The first kappa shape index (κ1) is 17.0. The molecule has 0 unspecified atom stereocenters. The Morgan fingerprint density at radius 3 is 2.74 bits per heavy atom. The molecular weight excluding hydrogens is 350 g/mol. The Kier molecular flexibility index (Phi) is 4.65. The summed E-state index contributed by atoms with van der Waals surface area (Å²) in [4.78, 5) is 12.4. The second-order valence-electron chi connectivity index (χ2n) is 5.83. The molecule has 138 valence electrons. The van der Waals surface area contributed by atoms with Crippen LogP contribution in [0.25, 0.3) is 11.3 Å². The molecule has 1 aromatic heterocycles. The summed E-state index contributed by atoms with van der Waals surface area (Å²) in [5.74, 6) is 1.47. The fraction of sp³-hybridized carbons (Fsp3) is 0.200. The lowest BCUT2D eigenvalue weighted by Crippen LogP contribution is -2.17. The lowest BCUT2D eigenvalue weighted by Gasteiger charge is -2.21. The van der Waals surface area contributed by atoms with Crippen molar-refractivity contribution < 1.29 is 28.3 Å². The van der Waals surface area contributed by atoms with Crippen molar-refractivity contribution in [2.45, 2.75) is 6.61 Å². The molecule has 3 aromatic rings. The van der Waals surface area contributed by atoms with Crippen LogP contribution >= 0.6 is 0 Å². The fourth-order valence-electron chi connectivity index (χ4n) is 2.73. The summed E-state index contributed by atoms with van der Waals surface area (Å²) in [6.45, 7) is 0.838. The maximum Gasteiger partial charge on any atom is 0.338 e. The zero-order valence-corrected chi connectivity index (χ0v) is 14.6. The second-order valence-corrected chi connectivity index (χ2v) is 5.83. The van der Waals surface area contributed by atoms with Crippen LogP contribution in [-0.2, 0) is 11.3 Å². The molecule has 0 fully saturated rings. The van der Waals surface area contributed by atoms with Gasteiger partial charge in [-0.2, -0.15) is 0 Å². The number of methoxy groups -OCH3 is 1. The van der Waals surface area contributed by atoms with Crippen LogP contribution in [0.5, 0.6) is 17.2 Å². The summed E-state index contributed by atoms with van der Waals surface area (Å²) in [5.41, 5.74) is 1.73. The van der Waals surface area contributed by atoms with Gasteiger partial charge in [0.15, 0.2) is 17.3 Å². The van der Waals surface area contributed by atoms with E-state index in [4.69, 9.17) is 23.5 Å². The molecule has 1 aliphatic heterocycles. The molecule has 0 saturated heterocycles. The quantitative estimate of drug-likeness (QED) is 0.639. The molecular formula is C20H17NO6. The first-order valence-corrected chi connectivity index (χ1v) is 8.40. The Labute approximate surface area is 155 Å². The van der Waals surface area contributed by atoms with Crippen molar-refractivity contribution in [1.82, 2.24) is 5.16 Å². The van der Waals surface area contributed by atoms with E-state index in [1.54, 1.807) is 18.2 Å². The molecule has 0 amide bonds. The topological polar surface area (TPSA) is 80.0 Å². The van der Waals surface area contributed by atoms with Crippen LogP contribution in [0.3, 0.4) is 0 Å². The van der Waals surface area contributed by atoms with Crippen LogP contribution in [-0.4, -0.2) is 31.4 Å². The largest absolute Gasteiger partial charge is 0.493 e. The average Bonchev–Trinajstić information content (AvgIpc) is 3.21. The van der Waals surface area contributed by atoms with E-state index in [0.29, 0.717) is 47.5 Å². The number of ether oxygens (including phenoxy) is 4. The summed E-state index contributed by atoms with van der Waals surface area (Å²) in [7, 11) is 1.50. The van der Waals surface area contributed by atoms with Gasteiger partial charge in [0.05, 0.1) is 12.7 Å². The summed E-state index contributed by atoms with van der Waals surface area (Å²) < 4.78 is 27.0. The molecule has 0 bridgehead atoms. The lowest BCUT2D eigenvalue weighted by molar-refractivity contribution is 0.0462. The lowest BCUT2D eigenvalue weighted by atomic mass is 10.1. The zero-order chi connectivity index (χ0) is 18.6. The van der Waals surface area contributed by atoms with E-state index in [-0.39, 0.29) is 6.61 Å². The number of carbonyl (C=O) groups is 1. The van der Waals surface area contributed by atoms with Crippen LogP contribution in [0.2, 0.25) is 0 Å². The minimum Gasteiger partial charge on any atom is -0.493 e. The molecule has 2 aromatic carbocycles. The minimum absolute atomic E-state index is 0.00801. The molecule has 0 atom stereocenters. The molecule has 4 rings (SSSR count). The van der Waals surface area contributed by atoms with Crippen molar-refractivity contribution >= 4 is 5.97 Å². The Morgan fingerprint density at radius 2 is 1.93 bits per heavy atom. The highest BCUT2D eigenvalue weighted by Crippen LogP contribution is 2.40. The molecule has 7 nitrogen and oxygen atoms in total. The molecule has 0 aliphatic carbocycles. The molecule has 27 heavy (non-hydrogen) atoms. The Morgan fingerprint density at radius 1 is 1.11 bits per heavy atom. The fourth-order valence-corrected chi connectivity index (χ4v) is 2.73. The third-order valence-electron chi connectivity index (χ3n) is 4.03. The Balaban J connectivity index is 1.46. The zero-order valence-electron chi connectivity index (χ0n) is 14.6. The standard InChI is InChI=1S/C20H17NO6/c1-23-17-9-14(10-18-19(17)25-8-7-24-18)20(22)26-12-15-11-16(27-21-15)13-5-3-2-4-6-13/h2-6,9-11H,7-8,12H2,1H3. The first-order chi connectivity index (χ1) is 13.2. The van der Waals surface area contributed by atoms with Crippen LogP contribution in [0, 0.1) is 0 Å². The Bertz CT molecular complexity index is 933. The van der Waals surface area contributed by atoms with Crippen molar-refractivity contribution in [1.29, 1.82) is 0 Å². The highest BCUT2D eigenvalue weighted by atomic mass is 16.6. The Hall–Kier alpha value is -3.48. The molecule has 1 aliphatic rings. The smallest absolute Gasteiger partial charge is 0.338 e. The van der Waals surface area contributed by atoms with Gasteiger partial charge in [-0.1, -0.05) is 35.5 Å². The van der Waals surface area contributed by atoms with Crippen LogP contribution in [0.4, 0.5) is 0 Å². The van der Waals surface area contributed by atoms with E-state index in [9.17, 15) is 4.79 Å². The van der Waals surface area contributed by atoms with Gasteiger partial charge in [-0.15, -0.1) is 0 Å². The van der Waals surface area contributed by atoms with Gasteiger partial charge in [-0.3, -0.25) is 0 Å². The summed E-state index contributed by atoms with van der Waals surface area (Å²) in [6, 6.07) is 14.5. The number of carbonyl (C=O) groups excluding carboxylic acids is 1. The van der Waals surface area contributed by atoms with Crippen molar-refractivity contribution in [3.05, 3.63) is 59.8 Å². The van der Waals surface area contributed by atoms with Crippen LogP contribution in [0.15, 0.2) is 53.1 Å². The normalized spacial score (nSPS) is 12.5. The average molecular weight is 367 g/mol. The van der Waals surface area contributed by atoms with Gasteiger partial charge in [0, 0.05) is 11.6 Å². The number of hydrogen-bond acceptors (Lipinski definition) is 7. The van der Waals surface area contributed by atoms with Crippen molar-refractivity contribution in [2.24, 2.45) is 0 Å².